The molecule has 0 aliphatic carbocycles. The Labute approximate surface area is 135 Å². The van der Waals surface area contributed by atoms with E-state index in [1.54, 1.807) is 48.5 Å². The monoisotopic (exact) mass is 311 g/mol. The van der Waals surface area contributed by atoms with Crippen LogP contribution in [0.25, 0.3) is 0 Å². The van der Waals surface area contributed by atoms with E-state index >= 15 is 0 Å². The van der Waals surface area contributed by atoms with Gasteiger partial charge < -0.3 is 16.4 Å². The Balaban J connectivity index is 2.00. The molecule has 0 spiro atoms. The summed E-state index contributed by atoms with van der Waals surface area (Å²) in [5, 5.41) is 5.59. The van der Waals surface area contributed by atoms with Crippen LogP contribution in [0.3, 0.4) is 0 Å². The summed E-state index contributed by atoms with van der Waals surface area (Å²) in [6.45, 7) is 2.73. The number of anilines is 2. The van der Waals surface area contributed by atoms with Crippen molar-refractivity contribution in [2.24, 2.45) is 0 Å². The number of unbranched alkanes of at least 4 members (excludes halogenated alkanes) is 1. The minimum Gasteiger partial charge on any atom is -0.397 e. The molecule has 0 aromatic heterocycles. The van der Waals surface area contributed by atoms with Crippen molar-refractivity contribution in [3.05, 3.63) is 59.7 Å². The van der Waals surface area contributed by atoms with Gasteiger partial charge in [0.05, 0.1) is 11.4 Å². The van der Waals surface area contributed by atoms with E-state index in [1.165, 1.54) is 0 Å². The SMILES string of the molecule is CCCCNC(=O)c1ccc(C(=O)Nc2ccccc2N)cc1. The Morgan fingerprint density at radius 2 is 1.57 bits per heavy atom. The first-order valence-corrected chi connectivity index (χ1v) is 7.66. The van der Waals surface area contributed by atoms with Crippen molar-refractivity contribution in [2.75, 3.05) is 17.6 Å². The first-order chi connectivity index (χ1) is 11.1. The van der Waals surface area contributed by atoms with Crippen LogP contribution in [0.1, 0.15) is 40.5 Å². The van der Waals surface area contributed by atoms with Gasteiger partial charge in [-0.1, -0.05) is 25.5 Å². The maximum atomic E-state index is 12.2. The van der Waals surface area contributed by atoms with Crippen LogP contribution < -0.4 is 16.4 Å². The van der Waals surface area contributed by atoms with Crippen molar-refractivity contribution >= 4 is 23.2 Å². The highest BCUT2D eigenvalue weighted by atomic mass is 16.2. The van der Waals surface area contributed by atoms with Crippen LogP contribution in [0.15, 0.2) is 48.5 Å². The molecule has 4 N–H and O–H groups in total. The Morgan fingerprint density at radius 1 is 0.957 bits per heavy atom. The maximum absolute atomic E-state index is 12.2. The zero-order valence-electron chi connectivity index (χ0n) is 13.1. The Kier molecular flexibility index (Phi) is 5.74. The van der Waals surface area contributed by atoms with Crippen LogP contribution >= 0.6 is 0 Å². The summed E-state index contributed by atoms with van der Waals surface area (Å²) in [6, 6.07) is 13.6. The third kappa shape index (κ3) is 4.57. The number of nitrogen functional groups attached to an aromatic ring is 1. The van der Waals surface area contributed by atoms with Gasteiger partial charge in [0.2, 0.25) is 0 Å². The van der Waals surface area contributed by atoms with Gasteiger partial charge in [0.1, 0.15) is 0 Å². The molecule has 0 saturated carbocycles. The predicted octanol–water partition coefficient (Wildman–Crippen LogP) is 3.05. The fourth-order valence-electron chi connectivity index (χ4n) is 2.06. The van der Waals surface area contributed by atoms with Crippen molar-refractivity contribution in [1.82, 2.24) is 5.32 Å². The summed E-state index contributed by atoms with van der Waals surface area (Å²) in [7, 11) is 0. The predicted molar refractivity (Wildman–Crippen MR) is 92.5 cm³/mol. The Hall–Kier alpha value is -2.82. The lowest BCUT2D eigenvalue weighted by Crippen LogP contribution is -2.24. The van der Waals surface area contributed by atoms with Crippen molar-refractivity contribution in [3.8, 4) is 0 Å². The number of carbonyl (C=O) groups excluding carboxylic acids is 2. The molecule has 23 heavy (non-hydrogen) atoms. The summed E-state index contributed by atoms with van der Waals surface area (Å²) in [5.74, 6) is -0.390. The molecule has 5 heteroatoms. The molecule has 2 aromatic rings. The molecule has 0 atom stereocenters. The van der Waals surface area contributed by atoms with Gasteiger partial charge in [-0.2, -0.15) is 0 Å². The molecule has 0 fully saturated rings. The van der Waals surface area contributed by atoms with E-state index < -0.39 is 0 Å². The second-order valence-electron chi connectivity index (χ2n) is 5.23. The summed E-state index contributed by atoms with van der Waals surface area (Å²) in [5.41, 5.74) is 7.89. The summed E-state index contributed by atoms with van der Waals surface area (Å²) >= 11 is 0. The molecule has 0 saturated heterocycles. The van der Waals surface area contributed by atoms with E-state index in [2.05, 4.69) is 17.6 Å². The lowest BCUT2D eigenvalue weighted by molar-refractivity contribution is 0.0951. The number of carbonyl (C=O) groups is 2. The molecule has 2 rings (SSSR count). The van der Waals surface area contributed by atoms with E-state index in [-0.39, 0.29) is 11.8 Å². The van der Waals surface area contributed by atoms with Crippen LogP contribution in [-0.2, 0) is 0 Å². The highest BCUT2D eigenvalue weighted by Crippen LogP contribution is 2.18. The normalized spacial score (nSPS) is 10.1. The van der Waals surface area contributed by atoms with Crippen LogP contribution in [0, 0.1) is 0 Å². The summed E-state index contributed by atoms with van der Waals surface area (Å²) in [6.07, 6.45) is 1.98. The summed E-state index contributed by atoms with van der Waals surface area (Å²) < 4.78 is 0. The fourth-order valence-corrected chi connectivity index (χ4v) is 2.06. The number of nitrogens with one attached hydrogen (secondary N) is 2. The number of hydrogen-bond donors (Lipinski definition) is 3. The van der Waals surface area contributed by atoms with Crippen LogP contribution in [-0.4, -0.2) is 18.4 Å². The lowest BCUT2D eigenvalue weighted by Gasteiger charge is -2.08. The van der Waals surface area contributed by atoms with E-state index in [9.17, 15) is 9.59 Å². The second-order valence-corrected chi connectivity index (χ2v) is 5.23. The topological polar surface area (TPSA) is 84.2 Å². The molecule has 0 unspecified atom stereocenters. The second kappa shape index (κ2) is 7.98. The molecule has 2 amide bonds. The number of rotatable bonds is 6. The van der Waals surface area contributed by atoms with E-state index in [1.807, 2.05) is 0 Å². The standard InChI is InChI=1S/C18H21N3O2/c1-2-3-12-20-17(22)13-8-10-14(11-9-13)18(23)21-16-7-5-4-6-15(16)19/h4-11H,2-3,12,19H2,1H3,(H,20,22)(H,21,23). The zero-order valence-corrected chi connectivity index (χ0v) is 13.1. The van der Waals surface area contributed by atoms with Gasteiger partial charge in [0, 0.05) is 17.7 Å². The molecule has 2 aromatic carbocycles. The quantitative estimate of drug-likeness (QED) is 0.566. The van der Waals surface area contributed by atoms with Crippen molar-refractivity contribution < 1.29 is 9.59 Å². The molecule has 120 valence electrons. The van der Waals surface area contributed by atoms with Crippen molar-refractivity contribution in [1.29, 1.82) is 0 Å². The molecule has 0 aliphatic heterocycles. The highest BCUT2D eigenvalue weighted by molar-refractivity contribution is 6.06. The first-order valence-electron chi connectivity index (χ1n) is 7.66. The average molecular weight is 311 g/mol. The van der Waals surface area contributed by atoms with E-state index in [4.69, 9.17) is 5.73 Å². The third-order valence-electron chi connectivity index (χ3n) is 3.43. The number of amides is 2. The smallest absolute Gasteiger partial charge is 0.255 e. The van der Waals surface area contributed by atoms with Gasteiger partial charge in [0.15, 0.2) is 0 Å². The number of hydrogen-bond acceptors (Lipinski definition) is 3. The number of benzene rings is 2. The van der Waals surface area contributed by atoms with E-state index in [0.29, 0.717) is 29.0 Å². The molecule has 0 radical (unpaired) electrons. The van der Waals surface area contributed by atoms with Crippen LogP contribution in [0.4, 0.5) is 11.4 Å². The van der Waals surface area contributed by atoms with E-state index in [0.717, 1.165) is 12.8 Å². The van der Waals surface area contributed by atoms with Gasteiger partial charge >= 0.3 is 0 Å². The average Bonchev–Trinajstić information content (AvgIpc) is 2.57. The summed E-state index contributed by atoms with van der Waals surface area (Å²) in [4.78, 5) is 24.1. The number of nitrogens with two attached hydrogens (primary N) is 1. The zero-order chi connectivity index (χ0) is 16.7. The lowest BCUT2D eigenvalue weighted by atomic mass is 10.1. The highest BCUT2D eigenvalue weighted by Gasteiger charge is 2.10. The molecular formula is C18H21N3O2. The van der Waals surface area contributed by atoms with Gasteiger partial charge in [-0.05, 0) is 42.8 Å². The Bertz CT molecular complexity index is 681. The largest absolute Gasteiger partial charge is 0.397 e. The van der Waals surface area contributed by atoms with Gasteiger partial charge in [-0.25, -0.2) is 0 Å². The van der Waals surface area contributed by atoms with Gasteiger partial charge in [-0.15, -0.1) is 0 Å². The Morgan fingerprint density at radius 3 is 2.17 bits per heavy atom. The number of para-hydroxylation sites is 2. The van der Waals surface area contributed by atoms with Gasteiger partial charge in [0.25, 0.3) is 11.8 Å². The minimum absolute atomic E-state index is 0.127. The fraction of sp³-hybridized carbons (Fsp3) is 0.222. The van der Waals surface area contributed by atoms with Crippen molar-refractivity contribution in [3.63, 3.8) is 0 Å². The maximum Gasteiger partial charge on any atom is 0.255 e. The van der Waals surface area contributed by atoms with Crippen LogP contribution in [0.2, 0.25) is 0 Å². The molecule has 5 nitrogen and oxygen atoms in total. The molecule has 0 heterocycles. The molecule has 0 aliphatic rings. The third-order valence-corrected chi connectivity index (χ3v) is 3.43. The van der Waals surface area contributed by atoms with Crippen LogP contribution in [0.5, 0.6) is 0 Å². The van der Waals surface area contributed by atoms with Gasteiger partial charge in [-0.3, -0.25) is 9.59 Å². The minimum atomic E-state index is -0.263. The molecular weight excluding hydrogens is 290 g/mol. The van der Waals surface area contributed by atoms with Crippen molar-refractivity contribution in [2.45, 2.75) is 19.8 Å². The molecule has 0 bridgehead atoms. The first kappa shape index (κ1) is 16.5.